The molecule has 0 spiro atoms. The number of ether oxygens (including phenoxy) is 1. The van der Waals surface area contributed by atoms with Crippen molar-refractivity contribution in [2.45, 2.75) is 18.2 Å². The number of sulfonamides is 1. The topological polar surface area (TPSA) is 97.4 Å². The van der Waals surface area contributed by atoms with Crippen LogP contribution in [0.5, 0.6) is 5.75 Å². The van der Waals surface area contributed by atoms with Crippen LogP contribution < -0.4 is 14.8 Å². The Morgan fingerprint density at radius 1 is 1.21 bits per heavy atom. The van der Waals surface area contributed by atoms with E-state index in [1.165, 1.54) is 19.2 Å². The number of fused-ring (bicyclic) bond motifs is 1. The summed E-state index contributed by atoms with van der Waals surface area (Å²) in [6.45, 7) is 1.70. The Morgan fingerprint density at radius 2 is 1.96 bits per heavy atom. The second-order valence-corrected chi connectivity index (χ2v) is 8.34. The maximum absolute atomic E-state index is 13.4. The minimum Gasteiger partial charge on any atom is -0.494 e. The highest BCUT2D eigenvalue weighted by molar-refractivity contribution is 7.92. The monoisotopic (exact) mass is 427 g/mol. The fraction of sp³-hybridized carbons (Fsp3) is 0.176. The third-order valence-electron chi connectivity index (χ3n) is 3.70. The van der Waals surface area contributed by atoms with Gasteiger partial charge in [-0.2, -0.15) is 0 Å². The van der Waals surface area contributed by atoms with E-state index in [2.05, 4.69) is 15.0 Å². The summed E-state index contributed by atoms with van der Waals surface area (Å²) in [5.74, 6) is -2.34. The molecule has 0 saturated heterocycles. The van der Waals surface area contributed by atoms with Crippen molar-refractivity contribution in [1.29, 1.82) is 0 Å². The van der Waals surface area contributed by atoms with E-state index in [1.54, 1.807) is 6.92 Å². The summed E-state index contributed by atoms with van der Waals surface area (Å²) in [7, 11) is -2.77. The number of halogens is 2. The minimum atomic E-state index is -4.16. The van der Waals surface area contributed by atoms with Gasteiger partial charge in [0.25, 0.3) is 10.0 Å². The Labute approximate surface area is 163 Å². The number of thiazole rings is 1. The fourth-order valence-electron chi connectivity index (χ4n) is 2.33. The first-order valence-electron chi connectivity index (χ1n) is 7.99. The standard InChI is InChI=1S/C17H15F2N3O4S2/c1-3-15(23)20-17-21-16-13(26-2)6-9(7-14(16)27-17)22-28(24,25)10-4-5-11(18)12(19)8-10/h4-8,22H,3H2,1-2H3,(H,20,21,23). The predicted octanol–water partition coefficient (Wildman–Crippen LogP) is 3.73. The SMILES string of the molecule is CCC(=O)Nc1nc2c(OC)cc(NS(=O)(=O)c3ccc(F)c(F)c3)cc2s1. The number of carbonyl (C=O) groups is 1. The number of rotatable bonds is 6. The minimum absolute atomic E-state index is 0.145. The maximum atomic E-state index is 13.4. The van der Waals surface area contributed by atoms with Crippen LogP contribution in [0.1, 0.15) is 13.3 Å². The second-order valence-electron chi connectivity index (χ2n) is 5.63. The molecule has 0 bridgehead atoms. The van der Waals surface area contributed by atoms with Gasteiger partial charge in [-0.05, 0) is 24.3 Å². The van der Waals surface area contributed by atoms with Crippen molar-refractivity contribution in [3.05, 3.63) is 42.0 Å². The number of hydrogen-bond donors (Lipinski definition) is 2. The number of carbonyl (C=O) groups excluding carboxylic acids is 1. The van der Waals surface area contributed by atoms with Gasteiger partial charge in [0.15, 0.2) is 16.8 Å². The zero-order chi connectivity index (χ0) is 20.5. The van der Waals surface area contributed by atoms with E-state index >= 15 is 0 Å². The molecule has 0 saturated carbocycles. The number of hydrogen-bond acceptors (Lipinski definition) is 6. The van der Waals surface area contributed by atoms with Crippen LogP contribution in [-0.4, -0.2) is 26.4 Å². The molecular weight excluding hydrogens is 412 g/mol. The number of amides is 1. The van der Waals surface area contributed by atoms with Crippen molar-refractivity contribution in [3.8, 4) is 5.75 Å². The lowest BCUT2D eigenvalue weighted by Gasteiger charge is -2.10. The van der Waals surface area contributed by atoms with Gasteiger partial charge in [0.2, 0.25) is 5.91 Å². The Bertz CT molecular complexity index is 1160. The molecule has 0 aliphatic heterocycles. The van der Waals surface area contributed by atoms with Crippen LogP contribution in [0.4, 0.5) is 19.6 Å². The molecule has 1 amide bonds. The highest BCUT2D eigenvalue weighted by Crippen LogP contribution is 2.36. The van der Waals surface area contributed by atoms with Crippen LogP contribution in [0.15, 0.2) is 35.2 Å². The molecule has 1 heterocycles. The molecule has 2 aromatic carbocycles. The molecule has 0 aliphatic rings. The van der Waals surface area contributed by atoms with Crippen molar-refractivity contribution < 1.29 is 26.7 Å². The summed E-state index contributed by atoms with van der Waals surface area (Å²) in [5.41, 5.74) is 0.598. The van der Waals surface area contributed by atoms with Gasteiger partial charge >= 0.3 is 0 Å². The number of anilines is 2. The number of methoxy groups -OCH3 is 1. The lowest BCUT2D eigenvalue weighted by Crippen LogP contribution is -2.13. The molecule has 3 rings (SSSR count). The first kappa shape index (κ1) is 20.0. The molecular formula is C17H15F2N3O4S2. The lowest BCUT2D eigenvalue weighted by molar-refractivity contribution is -0.115. The Morgan fingerprint density at radius 3 is 2.61 bits per heavy atom. The zero-order valence-corrected chi connectivity index (χ0v) is 16.4. The molecule has 0 fully saturated rings. The molecule has 148 valence electrons. The van der Waals surface area contributed by atoms with Crippen LogP contribution in [0, 0.1) is 11.6 Å². The van der Waals surface area contributed by atoms with Gasteiger partial charge in [0.1, 0.15) is 11.3 Å². The largest absolute Gasteiger partial charge is 0.494 e. The van der Waals surface area contributed by atoms with Crippen LogP contribution in [-0.2, 0) is 14.8 Å². The van der Waals surface area contributed by atoms with Gasteiger partial charge in [-0.15, -0.1) is 0 Å². The Balaban J connectivity index is 1.98. The number of benzene rings is 2. The summed E-state index contributed by atoms with van der Waals surface area (Å²) in [6.07, 6.45) is 0.284. The molecule has 1 aromatic heterocycles. The summed E-state index contributed by atoms with van der Waals surface area (Å²) >= 11 is 1.14. The lowest BCUT2D eigenvalue weighted by atomic mass is 10.3. The smallest absolute Gasteiger partial charge is 0.262 e. The molecule has 3 aromatic rings. The van der Waals surface area contributed by atoms with Crippen molar-refractivity contribution in [3.63, 3.8) is 0 Å². The average molecular weight is 427 g/mol. The fourth-order valence-corrected chi connectivity index (χ4v) is 4.32. The molecule has 7 nitrogen and oxygen atoms in total. The first-order valence-corrected chi connectivity index (χ1v) is 10.3. The molecule has 11 heteroatoms. The normalized spacial score (nSPS) is 11.4. The van der Waals surface area contributed by atoms with Crippen LogP contribution >= 0.6 is 11.3 Å². The number of nitrogens with one attached hydrogen (secondary N) is 2. The van der Waals surface area contributed by atoms with Gasteiger partial charge in [0.05, 0.1) is 22.4 Å². The van der Waals surface area contributed by atoms with Crippen LogP contribution in [0.3, 0.4) is 0 Å². The van der Waals surface area contributed by atoms with Gasteiger partial charge < -0.3 is 10.1 Å². The van der Waals surface area contributed by atoms with Crippen molar-refractivity contribution in [2.24, 2.45) is 0 Å². The van der Waals surface area contributed by atoms with E-state index in [0.29, 0.717) is 21.4 Å². The quantitative estimate of drug-likeness (QED) is 0.625. The van der Waals surface area contributed by atoms with E-state index in [4.69, 9.17) is 4.74 Å². The van der Waals surface area contributed by atoms with Gasteiger partial charge in [0, 0.05) is 12.5 Å². The highest BCUT2D eigenvalue weighted by atomic mass is 32.2. The van der Waals surface area contributed by atoms with Gasteiger partial charge in [-0.3, -0.25) is 9.52 Å². The van der Waals surface area contributed by atoms with E-state index in [-0.39, 0.29) is 23.8 Å². The third kappa shape index (κ3) is 4.04. The molecule has 0 unspecified atom stereocenters. The Kier molecular flexibility index (Phi) is 5.47. The molecule has 0 atom stereocenters. The van der Waals surface area contributed by atoms with E-state index in [9.17, 15) is 22.0 Å². The van der Waals surface area contributed by atoms with Gasteiger partial charge in [-0.25, -0.2) is 22.2 Å². The van der Waals surface area contributed by atoms with Gasteiger partial charge in [-0.1, -0.05) is 18.3 Å². The van der Waals surface area contributed by atoms with Crippen LogP contribution in [0.25, 0.3) is 10.2 Å². The molecule has 28 heavy (non-hydrogen) atoms. The van der Waals surface area contributed by atoms with E-state index in [1.807, 2.05) is 0 Å². The van der Waals surface area contributed by atoms with E-state index < -0.39 is 26.6 Å². The predicted molar refractivity (Wildman–Crippen MR) is 102 cm³/mol. The van der Waals surface area contributed by atoms with E-state index in [0.717, 1.165) is 23.5 Å². The summed E-state index contributed by atoms with van der Waals surface area (Å²) in [4.78, 5) is 15.4. The maximum Gasteiger partial charge on any atom is 0.262 e. The second kappa shape index (κ2) is 7.68. The number of aromatic nitrogens is 1. The summed E-state index contributed by atoms with van der Waals surface area (Å²) in [6, 6.07) is 5.21. The molecule has 2 N–H and O–H groups in total. The Hall–Kier alpha value is -2.79. The first-order chi connectivity index (χ1) is 13.2. The molecule has 0 aliphatic carbocycles. The molecule has 0 radical (unpaired) electrons. The summed E-state index contributed by atoms with van der Waals surface area (Å²) in [5, 5.41) is 2.98. The highest BCUT2D eigenvalue weighted by Gasteiger charge is 2.19. The summed E-state index contributed by atoms with van der Waals surface area (Å²) < 4.78 is 59.5. The zero-order valence-electron chi connectivity index (χ0n) is 14.7. The third-order valence-corrected chi connectivity index (χ3v) is 6.00. The van der Waals surface area contributed by atoms with Crippen LogP contribution in [0.2, 0.25) is 0 Å². The van der Waals surface area contributed by atoms with Crippen molar-refractivity contribution in [1.82, 2.24) is 4.98 Å². The van der Waals surface area contributed by atoms with Crippen molar-refractivity contribution in [2.75, 3.05) is 17.1 Å². The number of nitrogens with zero attached hydrogens (tertiary/aromatic N) is 1. The van der Waals surface area contributed by atoms with Crippen molar-refractivity contribution >= 4 is 48.3 Å². The average Bonchev–Trinajstić information content (AvgIpc) is 3.04.